The van der Waals surface area contributed by atoms with Crippen LogP contribution in [-0.2, 0) is 11.3 Å². The number of rotatable bonds is 8. The van der Waals surface area contributed by atoms with Gasteiger partial charge < -0.3 is 15.4 Å². The zero-order valence-corrected chi connectivity index (χ0v) is 18.8. The molecule has 160 valence electrons. The predicted molar refractivity (Wildman–Crippen MR) is 122 cm³/mol. The minimum absolute atomic E-state index is 0.0904. The highest BCUT2D eigenvalue weighted by molar-refractivity contribution is 7.80. The second-order valence-electron chi connectivity index (χ2n) is 7.85. The number of allylic oxidation sites excluding steroid dienone is 1. The van der Waals surface area contributed by atoms with Gasteiger partial charge in [-0.05, 0) is 31.2 Å². The van der Waals surface area contributed by atoms with E-state index in [0.717, 1.165) is 35.6 Å². The summed E-state index contributed by atoms with van der Waals surface area (Å²) in [6.45, 7) is 6.28. The first kappa shape index (κ1) is 23.7. The van der Waals surface area contributed by atoms with E-state index in [-0.39, 0.29) is 12.6 Å². The van der Waals surface area contributed by atoms with Gasteiger partial charge in [0, 0.05) is 30.5 Å². The first-order valence-corrected chi connectivity index (χ1v) is 10.8. The Balaban J connectivity index is 0.000000253. The second kappa shape index (κ2) is 11.0. The van der Waals surface area contributed by atoms with E-state index in [1.165, 1.54) is 25.3 Å². The van der Waals surface area contributed by atoms with E-state index in [9.17, 15) is 8.78 Å². The smallest absolute Gasteiger partial charge is 0.163 e. The summed E-state index contributed by atoms with van der Waals surface area (Å²) in [5.41, 5.74) is 5.86. The molecule has 0 amide bonds. The van der Waals surface area contributed by atoms with Gasteiger partial charge in [0.25, 0.3) is 0 Å². The van der Waals surface area contributed by atoms with Crippen LogP contribution in [0.15, 0.2) is 30.5 Å². The average Bonchev–Trinajstić information content (AvgIpc) is 3.43. The van der Waals surface area contributed by atoms with Crippen LogP contribution in [0.2, 0.25) is 0 Å². The van der Waals surface area contributed by atoms with E-state index in [0.29, 0.717) is 22.9 Å². The van der Waals surface area contributed by atoms with Crippen LogP contribution in [0.25, 0.3) is 0 Å². The molecule has 2 fully saturated rings. The number of ether oxygens (including phenoxy) is 1. The lowest BCUT2D eigenvalue weighted by molar-refractivity contribution is 0.241. The van der Waals surface area contributed by atoms with Crippen LogP contribution in [0.4, 0.5) is 8.78 Å². The SMILES string of the molecule is C=C(OC)[C@@H](C)CC1CC1.NC(=S)C[C@@H]1CCC(=S)N1Cc1cccc(F)c1F. The highest BCUT2D eigenvalue weighted by atomic mass is 32.1. The van der Waals surface area contributed by atoms with Crippen LogP contribution in [-0.4, -0.2) is 28.0 Å². The van der Waals surface area contributed by atoms with Gasteiger partial charge in [0.05, 0.1) is 22.8 Å². The Labute approximate surface area is 183 Å². The Morgan fingerprint density at radius 3 is 2.62 bits per heavy atom. The van der Waals surface area contributed by atoms with Crippen molar-refractivity contribution in [3.8, 4) is 0 Å². The lowest BCUT2D eigenvalue weighted by Crippen LogP contribution is -2.34. The fourth-order valence-electron chi connectivity index (χ4n) is 3.50. The molecule has 1 aromatic rings. The molecule has 0 unspecified atom stereocenters. The van der Waals surface area contributed by atoms with Gasteiger partial charge >= 0.3 is 0 Å². The van der Waals surface area contributed by atoms with Crippen molar-refractivity contribution in [2.24, 2.45) is 17.6 Å². The summed E-state index contributed by atoms with van der Waals surface area (Å²) < 4.78 is 31.9. The molecular weight excluding hydrogens is 410 g/mol. The normalized spacial score (nSPS) is 19.4. The zero-order chi connectivity index (χ0) is 21.6. The molecule has 0 aromatic heterocycles. The van der Waals surface area contributed by atoms with Crippen molar-refractivity contribution in [3.05, 3.63) is 47.7 Å². The first-order valence-electron chi connectivity index (χ1n) is 9.96. The number of hydrogen-bond acceptors (Lipinski definition) is 3. The van der Waals surface area contributed by atoms with Gasteiger partial charge in [-0.3, -0.25) is 0 Å². The molecule has 0 spiro atoms. The third-order valence-electron chi connectivity index (χ3n) is 5.46. The van der Waals surface area contributed by atoms with Crippen LogP contribution in [0.3, 0.4) is 0 Å². The number of likely N-dealkylation sites (tertiary alicyclic amines) is 1. The Hall–Kier alpha value is -1.60. The molecule has 1 aliphatic heterocycles. The quantitative estimate of drug-likeness (QED) is 0.426. The van der Waals surface area contributed by atoms with E-state index in [1.54, 1.807) is 13.2 Å². The molecule has 2 N–H and O–H groups in total. The average molecular weight is 441 g/mol. The number of benzene rings is 1. The fraction of sp³-hybridized carbons (Fsp3) is 0.545. The first-order chi connectivity index (χ1) is 13.7. The van der Waals surface area contributed by atoms with Crippen molar-refractivity contribution in [1.82, 2.24) is 4.90 Å². The maximum atomic E-state index is 13.7. The lowest BCUT2D eigenvalue weighted by atomic mass is 10.0. The largest absolute Gasteiger partial charge is 0.501 e. The summed E-state index contributed by atoms with van der Waals surface area (Å²) in [5, 5.41) is 0. The minimum Gasteiger partial charge on any atom is -0.501 e. The van der Waals surface area contributed by atoms with Gasteiger partial charge in [-0.2, -0.15) is 0 Å². The highest BCUT2D eigenvalue weighted by Crippen LogP contribution is 2.36. The summed E-state index contributed by atoms with van der Waals surface area (Å²) in [6, 6.07) is 4.26. The van der Waals surface area contributed by atoms with Crippen molar-refractivity contribution in [1.29, 1.82) is 0 Å². The van der Waals surface area contributed by atoms with E-state index >= 15 is 0 Å². The van der Waals surface area contributed by atoms with E-state index in [1.807, 2.05) is 4.90 Å². The molecule has 1 saturated carbocycles. The third-order valence-corrected chi connectivity index (χ3v) is 6.06. The molecule has 7 heteroatoms. The van der Waals surface area contributed by atoms with Crippen LogP contribution >= 0.6 is 24.4 Å². The second-order valence-corrected chi connectivity index (χ2v) is 8.84. The van der Waals surface area contributed by atoms with E-state index < -0.39 is 11.6 Å². The van der Waals surface area contributed by atoms with Gasteiger partial charge in [-0.15, -0.1) is 0 Å². The summed E-state index contributed by atoms with van der Waals surface area (Å²) >= 11 is 10.2. The molecular formula is C22H30F2N2OS2. The molecule has 1 saturated heterocycles. The maximum Gasteiger partial charge on any atom is 0.163 e. The number of nitrogens with zero attached hydrogens (tertiary/aromatic N) is 1. The van der Waals surface area contributed by atoms with Crippen molar-refractivity contribution in [2.45, 2.75) is 58.0 Å². The number of hydrogen-bond donors (Lipinski definition) is 1. The molecule has 1 heterocycles. The van der Waals surface area contributed by atoms with Gasteiger partial charge in [-0.1, -0.05) is 62.9 Å². The summed E-state index contributed by atoms with van der Waals surface area (Å²) in [4.78, 5) is 3.07. The molecule has 29 heavy (non-hydrogen) atoms. The number of nitrogens with two attached hydrogens (primary N) is 1. The molecule has 2 aliphatic rings. The molecule has 1 aliphatic carbocycles. The molecule has 0 bridgehead atoms. The topological polar surface area (TPSA) is 38.5 Å². The van der Waals surface area contributed by atoms with Crippen LogP contribution in [0.1, 0.15) is 51.0 Å². The summed E-state index contributed by atoms with van der Waals surface area (Å²) in [7, 11) is 1.70. The Morgan fingerprint density at radius 2 is 2.03 bits per heavy atom. The van der Waals surface area contributed by atoms with Gasteiger partial charge in [0.2, 0.25) is 0 Å². The minimum atomic E-state index is -0.839. The van der Waals surface area contributed by atoms with E-state index in [4.69, 9.17) is 34.9 Å². The summed E-state index contributed by atoms with van der Waals surface area (Å²) in [5.74, 6) is 0.811. The monoisotopic (exact) mass is 440 g/mol. The molecule has 1 aromatic carbocycles. The number of thiocarbonyl (C=S) groups is 2. The highest BCUT2D eigenvalue weighted by Gasteiger charge is 2.29. The third kappa shape index (κ3) is 7.30. The standard InChI is InChI=1S/C13H14F2N2S2.C9H16O/c14-10-3-1-2-8(13(10)15)7-17-9(6-11(16)18)4-5-12(17)19;1-7(8(2)10-3)6-9-4-5-9/h1-3,9H,4-7H2,(H2,16,18);7,9H,2,4-6H2,1,3H3/t9-;7-/m00/s1. The molecule has 3 nitrogen and oxygen atoms in total. The van der Waals surface area contributed by atoms with Crippen LogP contribution < -0.4 is 5.73 Å². The van der Waals surface area contributed by atoms with Gasteiger partial charge in [0.15, 0.2) is 11.6 Å². The van der Waals surface area contributed by atoms with E-state index in [2.05, 4.69) is 13.5 Å². The number of methoxy groups -OCH3 is 1. The van der Waals surface area contributed by atoms with Gasteiger partial charge in [0.1, 0.15) is 0 Å². The fourth-order valence-corrected chi connectivity index (χ4v) is 4.02. The van der Waals surface area contributed by atoms with Crippen molar-refractivity contribution >= 4 is 34.4 Å². The van der Waals surface area contributed by atoms with Crippen molar-refractivity contribution < 1.29 is 13.5 Å². The Bertz CT molecular complexity index is 752. The predicted octanol–water partition coefficient (Wildman–Crippen LogP) is 5.52. The lowest BCUT2D eigenvalue weighted by Gasteiger charge is -2.26. The zero-order valence-electron chi connectivity index (χ0n) is 17.1. The maximum absolute atomic E-state index is 13.7. The van der Waals surface area contributed by atoms with Crippen molar-refractivity contribution in [3.63, 3.8) is 0 Å². The molecule has 3 rings (SSSR count). The van der Waals surface area contributed by atoms with Gasteiger partial charge in [-0.25, -0.2) is 8.78 Å². The Morgan fingerprint density at radius 1 is 1.34 bits per heavy atom. The molecule has 2 atom stereocenters. The summed E-state index contributed by atoms with van der Waals surface area (Å²) in [6.07, 6.45) is 6.27. The van der Waals surface area contributed by atoms with Crippen LogP contribution in [0, 0.1) is 23.5 Å². The Kier molecular flexibility index (Phi) is 8.96. The van der Waals surface area contributed by atoms with Crippen molar-refractivity contribution in [2.75, 3.05) is 7.11 Å². The number of halogens is 2. The van der Waals surface area contributed by atoms with Crippen LogP contribution in [0.5, 0.6) is 0 Å². The molecule has 0 radical (unpaired) electrons.